The van der Waals surface area contributed by atoms with E-state index in [0.717, 1.165) is 36.9 Å². The summed E-state index contributed by atoms with van der Waals surface area (Å²) in [7, 11) is 0. The van der Waals surface area contributed by atoms with Crippen molar-refractivity contribution in [1.82, 2.24) is 15.5 Å². The Hall–Kier alpha value is -0.200. The second kappa shape index (κ2) is 7.71. The van der Waals surface area contributed by atoms with E-state index in [1.165, 1.54) is 0 Å². The van der Waals surface area contributed by atoms with Crippen molar-refractivity contribution < 1.29 is 4.52 Å². The topological polar surface area (TPSA) is 51.0 Å². The molecule has 0 spiro atoms. The van der Waals surface area contributed by atoms with Gasteiger partial charge in [0.25, 0.3) is 0 Å². The normalized spacial score (nSPS) is 27.1. The van der Waals surface area contributed by atoms with Gasteiger partial charge in [-0.05, 0) is 13.0 Å². The largest absolute Gasteiger partial charge is 0.339 e. The third-order valence-corrected chi connectivity index (χ3v) is 6.83. The van der Waals surface area contributed by atoms with E-state index < -0.39 is 0 Å². The zero-order chi connectivity index (χ0) is 14.5. The molecule has 1 aliphatic rings. The van der Waals surface area contributed by atoms with E-state index in [2.05, 4.69) is 43.2 Å². The SMILES string of the molecule is CC(C)NCCCc1nc(C2CSC(C)C(C)S2)no1. The molecule has 1 aromatic rings. The summed E-state index contributed by atoms with van der Waals surface area (Å²) >= 11 is 3.99. The highest BCUT2D eigenvalue weighted by Crippen LogP contribution is 2.43. The molecule has 0 aliphatic carbocycles. The molecule has 3 unspecified atom stereocenters. The predicted octanol–water partition coefficient (Wildman–Crippen LogP) is 3.30. The molecule has 4 nitrogen and oxygen atoms in total. The Balaban J connectivity index is 1.80. The second-order valence-electron chi connectivity index (χ2n) is 5.63. The van der Waals surface area contributed by atoms with Crippen LogP contribution < -0.4 is 5.32 Å². The van der Waals surface area contributed by atoms with Crippen molar-refractivity contribution >= 4 is 23.5 Å². The molecule has 6 heteroatoms. The molecule has 1 aliphatic heterocycles. The summed E-state index contributed by atoms with van der Waals surface area (Å²) in [6.45, 7) is 9.89. The average molecular weight is 316 g/mol. The molecule has 2 rings (SSSR count). The molecule has 0 radical (unpaired) electrons. The van der Waals surface area contributed by atoms with Crippen molar-refractivity contribution in [3.63, 3.8) is 0 Å². The molecule has 1 N–H and O–H groups in total. The predicted molar refractivity (Wildman–Crippen MR) is 87.5 cm³/mol. The molecule has 0 amide bonds. The van der Waals surface area contributed by atoms with Crippen LogP contribution in [-0.2, 0) is 6.42 Å². The molecule has 0 bridgehead atoms. The van der Waals surface area contributed by atoms with Gasteiger partial charge < -0.3 is 9.84 Å². The van der Waals surface area contributed by atoms with Gasteiger partial charge in [-0.3, -0.25) is 0 Å². The van der Waals surface area contributed by atoms with Crippen LogP contribution >= 0.6 is 23.5 Å². The third-order valence-electron chi connectivity index (χ3n) is 3.44. The summed E-state index contributed by atoms with van der Waals surface area (Å²) in [6, 6.07) is 0.535. The summed E-state index contributed by atoms with van der Waals surface area (Å²) in [5.74, 6) is 2.75. The van der Waals surface area contributed by atoms with Gasteiger partial charge in [0.2, 0.25) is 5.89 Å². The monoisotopic (exact) mass is 315 g/mol. The molecule has 1 fully saturated rings. The standard InChI is InChI=1S/C14H25N3OS2/c1-9(2)15-7-5-6-13-16-14(17-18-13)12-8-19-10(3)11(4)20-12/h9-12,15H,5-8H2,1-4H3. The fourth-order valence-corrected chi connectivity index (χ4v) is 4.88. The Morgan fingerprint density at radius 1 is 1.35 bits per heavy atom. The molecular weight excluding hydrogens is 290 g/mol. The van der Waals surface area contributed by atoms with E-state index in [1.807, 2.05) is 23.5 Å². The van der Waals surface area contributed by atoms with Crippen LogP contribution in [0.15, 0.2) is 4.52 Å². The summed E-state index contributed by atoms with van der Waals surface area (Å²) in [4.78, 5) is 4.57. The van der Waals surface area contributed by atoms with Crippen molar-refractivity contribution in [2.45, 2.75) is 62.3 Å². The molecule has 1 aromatic heterocycles. The van der Waals surface area contributed by atoms with Gasteiger partial charge in [0.05, 0.1) is 5.25 Å². The summed E-state index contributed by atoms with van der Waals surface area (Å²) in [5.41, 5.74) is 0. The number of nitrogens with zero attached hydrogens (tertiary/aromatic N) is 2. The van der Waals surface area contributed by atoms with Gasteiger partial charge in [0.15, 0.2) is 5.82 Å². The highest BCUT2D eigenvalue weighted by molar-refractivity contribution is 8.07. The Morgan fingerprint density at radius 3 is 2.85 bits per heavy atom. The minimum Gasteiger partial charge on any atom is -0.339 e. The number of aryl methyl sites for hydroxylation is 1. The first-order valence-electron chi connectivity index (χ1n) is 7.39. The lowest BCUT2D eigenvalue weighted by Crippen LogP contribution is -2.24. The van der Waals surface area contributed by atoms with Crippen molar-refractivity contribution in [1.29, 1.82) is 0 Å². The number of rotatable bonds is 6. The highest BCUT2D eigenvalue weighted by atomic mass is 32.2. The number of nitrogens with one attached hydrogen (secondary N) is 1. The van der Waals surface area contributed by atoms with Crippen LogP contribution in [0.4, 0.5) is 0 Å². The molecule has 2 heterocycles. The van der Waals surface area contributed by atoms with Crippen LogP contribution in [0.2, 0.25) is 0 Å². The zero-order valence-electron chi connectivity index (χ0n) is 12.8. The van der Waals surface area contributed by atoms with E-state index in [0.29, 0.717) is 21.8 Å². The summed E-state index contributed by atoms with van der Waals surface area (Å²) in [5, 5.41) is 9.32. The smallest absolute Gasteiger partial charge is 0.226 e. The first-order chi connectivity index (χ1) is 9.56. The maximum Gasteiger partial charge on any atom is 0.226 e. The molecule has 0 aromatic carbocycles. The van der Waals surface area contributed by atoms with E-state index in [1.54, 1.807) is 0 Å². The van der Waals surface area contributed by atoms with Crippen molar-refractivity contribution in [3.05, 3.63) is 11.7 Å². The molecule has 3 atom stereocenters. The Bertz CT molecular complexity index is 411. The van der Waals surface area contributed by atoms with Gasteiger partial charge in [-0.1, -0.05) is 32.9 Å². The fraction of sp³-hybridized carbons (Fsp3) is 0.857. The van der Waals surface area contributed by atoms with Crippen LogP contribution in [0.25, 0.3) is 0 Å². The van der Waals surface area contributed by atoms with Crippen LogP contribution in [0, 0.1) is 0 Å². The number of aromatic nitrogens is 2. The summed E-state index contributed by atoms with van der Waals surface area (Å²) < 4.78 is 5.38. The lowest BCUT2D eigenvalue weighted by molar-refractivity contribution is 0.368. The maximum absolute atomic E-state index is 5.38. The first-order valence-corrected chi connectivity index (χ1v) is 9.38. The van der Waals surface area contributed by atoms with E-state index in [-0.39, 0.29) is 0 Å². The van der Waals surface area contributed by atoms with Crippen LogP contribution in [0.5, 0.6) is 0 Å². The number of thioether (sulfide) groups is 2. The number of hydrogen-bond acceptors (Lipinski definition) is 6. The van der Waals surface area contributed by atoms with Gasteiger partial charge in [0.1, 0.15) is 0 Å². The van der Waals surface area contributed by atoms with Crippen LogP contribution in [0.3, 0.4) is 0 Å². The van der Waals surface area contributed by atoms with Gasteiger partial charge in [-0.15, -0.1) is 11.8 Å². The van der Waals surface area contributed by atoms with Crippen molar-refractivity contribution in [3.8, 4) is 0 Å². The second-order valence-corrected chi connectivity index (χ2v) is 8.62. The average Bonchev–Trinajstić information content (AvgIpc) is 2.86. The highest BCUT2D eigenvalue weighted by Gasteiger charge is 2.29. The fourth-order valence-electron chi connectivity index (χ4n) is 2.05. The Morgan fingerprint density at radius 2 is 2.15 bits per heavy atom. The van der Waals surface area contributed by atoms with E-state index >= 15 is 0 Å². The molecule has 0 saturated carbocycles. The summed E-state index contributed by atoms with van der Waals surface area (Å²) in [6.07, 6.45) is 1.91. The third kappa shape index (κ3) is 4.67. The Kier molecular flexibility index (Phi) is 6.23. The van der Waals surface area contributed by atoms with Crippen LogP contribution in [0.1, 0.15) is 51.1 Å². The van der Waals surface area contributed by atoms with Crippen molar-refractivity contribution in [2.75, 3.05) is 12.3 Å². The van der Waals surface area contributed by atoms with Gasteiger partial charge in [-0.25, -0.2) is 0 Å². The zero-order valence-corrected chi connectivity index (χ0v) is 14.4. The molecular formula is C14H25N3OS2. The lowest BCUT2D eigenvalue weighted by atomic mass is 10.3. The van der Waals surface area contributed by atoms with E-state index in [4.69, 9.17) is 4.52 Å². The number of hydrogen-bond donors (Lipinski definition) is 1. The quantitative estimate of drug-likeness (QED) is 0.813. The van der Waals surface area contributed by atoms with E-state index in [9.17, 15) is 0 Å². The Labute approximate surface area is 130 Å². The molecule has 114 valence electrons. The minimum absolute atomic E-state index is 0.387. The maximum atomic E-state index is 5.38. The van der Waals surface area contributed by atoms with Crippen molar-refractivity contribution in [2.24, 2.45) is 0 Å². The molecule has 20 heavy (non-hydrogen) atoms. The minimum atomic E-state index is 0.387. The first kappa shape index (κ1) is 16.2. The van der Waals surface area contributed by atoms with Gasteiger partial charge in [-0.2, -0.15) is 16.7 Å². The van der Waals surface area contributed by atoms with Crippen LogP contribution in [-0.4, -0.2) is 39.0 Å². The molecule has 1 saturated heterocycles. The van der Waals surface area contributed by atoms with Gasteiger partial charge >= 0.3 is 0 Å². The van der Waals surface area contributed by atoms with Gasteiger partial charge in [0, 0.05) is 28.7 Å². The lowest BCUT2D eigenvalue weighted by Gasteiger charge is -2.29.